The average Bonchev–Trinajstić information content (AvgIpc) is 2.82. The number of nitrogens with one attached hydrogen (secondary N) is 1. The van der Waals surface area contributed by atoms with Crippen molar-refractivity contribution in [3.63, 3.8) is 0 Å². The van der Waals surface area contributed by atoms with Gasteiger partial charge in [0.2, 0.25) is 5.91 Å². The third-order valence-corrected chi connectivity index (χ3v) is 5.79. The standard InChI is InChI=1S/C24H22F2N4O2/c1-32-22-5-2-15(10-20(22)26)13-29-24(31)16-6-8-30(9-7-16)23-17(12-27)14-28-21-4-3-18(25)11-19(21)23/h2-5,10-11,14,16H,6-9,13H2,1H3,(H,29,31). The number of hydrogen-bond acceptors (Lipinski definition) is 5. The molecule has 0 bridgehead atoms. The molecule has 32 heavy (non-hydrogen) atoms. The van der Waals surface area contributed by atoms with Gasteiger partial charge < -0.3 is 15.0 Å². The van der Waals surface area contributed by atoms with Gasteiger partial charge >= 0.3 is 0 Å². The number of rotatable bonds is 5. The summed E-state index contributed by atoms with van der Waals surface area (Å²) in [7, 11) is 1.40. The Morgan fingerprint density at radius 1 is 1.25 bits per heavy atom. The molecule has 0 radical (unpaired) electrons. The molecule has 164 valence electrons. The highest BCUT2D eigenvalue weighted by Gasteiger charge is 2.27. The molecule has 1 amide bonds. The minimum Gasteiger partial charge on any atom is -0.494 e. The van der Waals surface area contributed by atoms with E-state index in [0.29, 0.717) is 53.6 Å². The van der Waals surface area contributed by atoms with Crippen LogP contribution in [0.5, 0.6) is 5.75 Å². The van der Waals surface area contributed by atoms with Gasteiger partial charge in [0.15, 0.2) is 11.6 Å². The van der Waals surface area contributed by atoms with E-state index in [9.17, 15) is 18.8 Å². The van der Waals surface area contributed by atoms with Crippen LogP contribution in [0.3, 0.4) is 0 Å². The first kappa shape index (κ1) is 21.5. The number of halogens is 2. The number of piperidine rings is 1. The number of aromatic nitrogens is 1. The minimum absolute atomic E-state index is 0.0907. The number of fused-ring (bicyclic) bond motifs is 1. The summed E-state index contributed by atoms with van der Waals surface area (Å²) in [5, 5.41) is 13.0. The van der Waals surface area contributed by atoms with Crippen molar-refractivity contribution >= 4 is 22.5 Å². The molecule has 0 unspecified atom stereocenters. The van der Waals surface area contributed by atoms with Gasteiger partial charge in [0, 0.05) is 37.1 Å². The van der Waals surface area contributed by atoms with Gasteiger partial charge in [0.25, 0.3) is 0 Å². The number of pyridine rings is 1. The Morgan fingerprint density at radius 3 is 2.72 bits per heavy atom. The van der Waals surface area contributed by atoms with Gasteiger partial charge in [-0.1, -0.05) is 6.07 Å². The normalized spacial score (nSPS) is 14.2. The van der Waals surface area contributed by atoms with E-state index in [2.05, 4.69) is 16.4 Å². The van der Waals surface area contributed by atoms with Crippen LogP contribution >= 0.6 is 0 Å². The number of ether oxygens (including phenoxy) is 1. The number of amides is 1. The number of methoxy groups -OCH3 is 1. The molecule has 1 fully saturated rings. The quantitative estimate of drug-likeness (QED) is 0.656. The first-order valence-corrected chi connectivity index (χ1v) is 10.3. The minimum atomic E-state index is -0.470. The molecular weight excluding hydrogens is 414 g/mol. The highest BCUT2D eigenvalue weighted by molar-refractivity contribution is 5.94. The average molecular weight is 436 g/mol. The lowest BCUT2D eigenvalue weighted by Crippen LogP contribution is -2.40. The topological polar surface area (TPSA) is 78.2 Å². The second-order valence-electron chi connectivity index (χ2n) is 7.74. The fourth-order valence-corrected chi connectivity index (χ4v) is 4.09. The summed E-state index contributed by atoms with van der Waals surface area (Å²) >= 11 is 0. The number of carbonyl (C=O) groups is 1. The summed E-state index contributed by atoms with van der Waals surface area (Å²) in [5.74, 6) is -0.980. The van der Waals surface area contributed by atoms with Crippen LogP contribution in [0.4, 0.5) is 14.5 Å². The van der Waals surface area contributed by atoms with Crippen LogP contribution in [-0.4, -0.2) is 31.1 Å². The van der Waals surface area contributed by atoms with E-state index in [-0.39, 0.29) is 29.9 Å². The Morgan fingerprint density at radius 2 is 2.03 bits per heavy atom. The summed E-state index contributed by atoms with van der Waals surface area (Å²) in [6.07, 6.45) is 2.68. The molecule has 0 atom stereocenters. The number of benzene rings is 2. The van der Waals surface area contributed by atoms with Crippen LogP contribution in [0.15, 0.2) is 42.6 Å². The molecule has 2 heterocycles. The van der Waals surface area contributed by atoms with E-state index in [1.807, 2.05) is 4.90 Å². The van der Waals surface area contributed by atoms with Crippen molar-refractivity contribution < 1.29 is 18.3 Å². The maximum absolute atomic E-state index is 13.9. The third-order valence-electron chi connectivity index (χ3n) is 5.79. The second kappa shape index (κ2) is 9.18. The van der Waals surface area contributed by atoms with Gasteiger partial charge in [-0.05, 0) is 48.7 Å². The van der Waals surface area contributed by atoms with Crippen molar-refractivity contribution in [2.24, 2.45) is 5.92 Å². The molecule has 1 N–H and O–H groups in total. The SMILES string of the molecule is COc1ccc(CNC(=O)C2CCN(c3c(C#N)cnc4ccc(F)cc34)CC2)cc1F. The Hall–Kier alpha value is -3.73. The van der Waals surface area contributed by atoms with Crippen molar-refractivity contribution in [1.29, 1.82) is 5.26 Å². The maximum Gasteiger partial charge on any atom is 0.223 e. The van der Waals surface area contributed by atoms with Crippen LogP contribution in [0, 0.1) is 28.9 Å². The number of carbonyl (C=O) groups excluding carboxylic acids is 1. The molecular formula is C24H22F2N4O2. The number of nitriles is 1. The lowest BCUT2D eigenvalue weighted by atomic mass is 9.94. The van der Waals surface area contributed by atoms with E-state index in [1.165, 1.54) is 37.6 Å². The smallest absolute Gasteiger partial charge is 0.223 e. The van der Waals surface area contributed by atoms with Crippen LogP contribution in [0.2, 0.25) is 0 Å². The van der Waals surface area contributed by atoms with Gasteiger partial charge in [-0.25, -0.2) is 8.78 Å². The van der Waals surface area contributed by atoms with Gasteiger partial charge in [-0.2, -0.15) is 5.26 Å². The van der Waals surface area contributed by atoms with Gasteiger partial charge in [0.05, 0.1) is 23.9 Å². The molecule has 0 aliphatic carbocycles. The monoisotopic (exact) mass is 436 g/mol. The highest BCUT2D eigenvalue weighted by atomic mass is 19.1. The third kappa shape index (κ3) is 4.33. The Balaban J connectivity index is 1.42. The van der Waals surface area contributed by atoms with Crippen molar-refractivity contribution in [2.75, 3.05) is 25.1 Å². The van der Waals surface area contributed by atoms with E-state index in [0.717, 1.165) is 0 Å². The van der Waals surface area contributed by atoms with Gasteiger partial charge in [0.1, 0.15) is 11.9 Å². The summed E-state index contributed by atoms with van der Waals surface area (Å²) < 4.78 is 32.6. The van der Waals surface area contributed by atoms with E-state index in [4.69, 9.17) is 4.74 Å². The molecule has 3 aromatic rings. The van der Waals surface area contributed by atoms with Crippen molar-refractivity contribution in [3.8, 4) is 11.8 Å². The molecule has 4 rings (SSSR count). The molecule has 1 aliphatic heterocycles. The van der Waals surface area contributed by atoms with Gasteiger partial charge in [-0.3, -0.25) is 9.78 Å². The second-order valence-corrected chi connectivity index (χ2v) is 7.74. The predicted molar refractivity (Wildman–Crippen MR) is 116 cm³/mol. The number of nitrogens with zero attached hydrogens (tertiary/aromatic N) is 3. The summed E-state index contributed by atoms with van der Waals surface area (Å²) in [6, 6.07) is 11.1. The highest BCUT2D eigenvalue weighted by Crippen LogP contribution is 2.33. The molecule has 8 heteroatoms. The largest absolute Gasteiger partial charge is 0.494 e. The first-order chi connectivity index (χ1) is 15.5. The van der Waals surface area contributed by atoms with E-state index >= 15 is 0 Å². The van der Waals surface area contributed by atoms with Crippen LogP contribution in [0.1, 0.15) is 24.0 Å². The zero-order valence-electron chi connectivity index (χ0n) is 17.6. The molecule has 0 spiro atoms. The Bertz CT molecular complexity index is 1200. The summed E-state index contributed by atoms with van der Waals surface area (Å²) in [5.41, 5.74) is 2.31. The van der Waals surface area contributed by atoms with Crippen LogP contribution in [-0.2, 0) is 11.3 Å². The van der Waals surface area contributed by atoms with Crippen LogP contribution < -0.4 is 15.0 Å². The molecule has 1 saturated heterocycles. The lowest BCUT2D eigenvalue weighted by molar-refractivity contribution is -0.125. The fourth-order valence-electron chi connectivity index (χ4n) is 4.09. The summed E-state index contributed by atoms with van der Waals surface area (Å²) in [6.45, 7) is 1.34. The van der Waals surface area contributed by atoms with Crippen molar-refractivity contribution in [3.05, 3.63) is 65.4 Å². The summed E-state index contributed by atoms with van der Waals surface area (Å²) in [4.78, 5) is 18.9. The van der Waals surface area contributed by atoms with Crippen molar-refractivity contribution in [2.45, 2.75) is 19.4 Å². The molecule has 1 aliphatic rings. The van der Waals surface area contributed by atoms with E-state index < -0.39 is 5.82 Å². The predicted octanol–water partition coefficient (Wildman–Crippen LogP) is 3.93. The van der Waals surface area contributed by atoms with Crippen LogP contribution in [0.25, 0.3) is 10.9 Å². The molecule has 2 aromatic carbocycles. The zero-order valence-corrected chi connectivity index (χ0v) is 17.6. The van der Waals surface area contributed by atoms with Crippen molar-refractivity contribution in [1.82, 2.24) is 10.3 Å². The molecule has 6 nitrogen and oxygen atoms in total. The molecule has 0 saturated carbocycles. The first-order valence-electron chi connectivity index (χ1n) is 10.3. The fraction of sp³-hybridized carbons (Fsp3) is 0.292. The zero-order chi connectivity index (χ0) is 22.7. The van der Waals surface area contributed by atoms with E-state index in [1.54, 1.807) is 12.1 Å². The van der Waals surface area contributed by atoms with Gasteiger partial charge in [-0.15, -0.1) is 0 Å². The Kier molecular flexibility index (Phi) is 6.17. The maximum atomic E-state index is 13.9. The lowest BCUT2D eigenvalue weighted by Gasteiger charge is -2.34. The number of anilines is 1. The Labute approximate surface area is 184 Å². The molecule has 1 aromatic heterocycles. The number of hydrogen-bond donors (Lipinski definition) is 1.